The van der Waals surface area contributed by atoms with Gasteiger partial charge in [-0.05, 0) is 39.3 Å². The molecule has 7 heteroatoms. The van der Waals surface area contributed by atoms with Crippen LogP contribution in [0.25, 0.3) is 0 Å². The lowest BCUT2D eigenvalue weighted by atomic mass is 10.2. The molecule has 0 atom stereocenters. The van der Waals surface area contributed by atoms with E-state index >= 15 is 0 Å². The highest BCUT2D eigenvalue weighted by Gasteiger charge is 2.25. The highest BCUT2D eigenvalue weighted by atomic mass is 16.6. The number of nitrogens with one attached hydrogen (secondary N) is 2. The molecular weight excluding hydrogens is 354 g/mol. The quantitative estimate of drug-likeness (QED) is 0.444. The van der Waals surface area contributed by atoms with Crippen molar-refractivity contribution in [1.82, 2.24) is 20.4 Å². The van der Waals surface area contributed by atoms with Crippen molar-refractivity contribution in [3.05, 3.63) is 35.9 Å². The largest absolute Gasteiger partial charge is 0.444 e. The van der Waals surface area contributed by atoms with Gasteiger partial charge >= 0.3 is 6.09 Å². The zero-order valence-corrected chi connectivity index (χ0v) is 17.7. The number of guanidine groups is 1. The average Bonchev–Trinajstić information content (AvgIpc) is 2.67. The summed E-state index contributed by atoms with van der Waals surface area (Å²) in [5.41, 5.74) is 0.792. The molecule has 7 nitrogen and oxygen atoms in total. The molecule has 0 radical (unpaired) electrons. The van der Waals surface area contributed by atoms with E-state index in [1.165, 1.54) is 5.56 Å². The van der Waals surface area contributed by atoms with Crippen LogP contribution in [0.4, 0.5) is 4.79 Å². The molecule has 1 aromatic rings. The van der Waals surface area contributed by atoms with Gasteiger partial charge in [-0.25, -0.2) is 4.79 Å². The molecule has 2 N–H and O–H groups in total. The predicted molar refractivity (Wildman–Crippen MR) is 114 cm³/mol. The van der Waals surface area contributed by atoms with E-state index in [-0.39, 0.29) is 6.09 Å². The number of hydrogen-bond acceptors (Lipinski definition) is 4. The van der Waals surface area contributed by atoms with E-state index in [0.29, 0.717) is 0 Å². The van der Waals surface area contributed by atoms with Gasteiger partial charge in [0.2, 0.25) is 0 Å². The van der Waals surface area contributed by atoms with E-state index in [1.54, 1.807) is 11.9 Å². The Morgan fingerprint density at radius 2 is 1.79 bits per heavy atom. The second kappa shape index (κ2) is 10.9. The molecule has 28 heavy (non-hydrogen) atoms. The van der Waals surface area contributed by atoms with E-state index in [0.717, 1.165) is 58.2 Å². The molecule has 1 fully saturated rings. The topological polar surface area (TPSA) is 69.2 Å². The molecule has 1 heterocycles. The number of carbonyl (C=O) groups is 1. The standard InChI is InChI=1S/C21H35N5O2/c1-21(2,3)28-20(27)26-15-13-25(14-16-26)12-8-11-23-19(22-4)24-17-18-9-6-5-7-10-18/h5-7,9-10H,8,11-17H2,1-4H3,(H2,22,23,24). The number of aliphatic imine (C=N–C) groups is 1. The summed E-state index contributed by atoms with van der Waals surface area (Å²) in [6.45, 7) is 11.6. The fraction of sp³-hybridized carbons (Fsp3) is 0.619. The lowest BCUT2D eigenvalue weighted by Gasteiger charge is -2.35. The van der Waals surface area contributed by atoms with E-state index in [1.807, 2.05) is 39.0 Å². The maximum atomic E-state index is 12.1. The number of hydrogen-bond donors (Lipinski definition) is 2. The van der Waals surface area contributed by atoms with Crippen LogP contribution in [0, 0.1) is 0 Å². The number of rotatable bonds is 6. The summed E-state index contributed by atoms with van der Waals surface area (Å²) < 4.78 is 5.44. The SMILES string of the molecule is CN=C(NCCCN1CCN(C(=O)OC(C)(C)C)CC1)NCc1ccccc1. The van der Waals surface area contributed by atoms with Crippen LogP contribution in [0.5, 0.6) is 0 Å². The van der Waals surface area contributed by atoms with Crippen molar-refractivity contribution in [1.29, 1.82) is 0 Å². The monoisotopic (exact) mass is 389 g/mol. The van der Waals surface area contributed by atoms with Crippen LogP contribution in [0.2, 0.25) is 0 Å². The molecule has 1 amide bonds. The van der Waals surface area contributed by atoms with Crippen molar-refractivity contribution in [2.75, 3.05) is 46.3 Å². The van der Waals surface area contributed by atoms with Crippen molar-refractivity contribution in [2.45, 2.75) is 39.3 Å². The normalized spacial score (nSPS) is 16.0. The van der Waals surface area contributed by atoms with E-state index in [4.69, 9.17) is 4.74 Å². The van der Waals surface area contributed by atoms with Crippen LogP contribution in [0.3, 0.4) is 0 Å². The maximum absolute atomic E-state index is 12.1. The summed E-state index contributed by atoms with van der Waals surface area (Å²) in [6.07, 6.45) is 0.820. The minimum Gasteiger partial charge on any atom is -0.444 e. The predicted octanol–water partition coefficient (Wildman–Crippen LogP) is 2.29. The van der Waals surface area contributed by atoms with Crippen LogP contribution in [0.1, 0.15) is 32.8 Å². The Hall–Kier alpha value is -2.28. The van der Waals surface area contributed by atoms with Crippen LogP contribution < -0.4 is 10.6 Å². The van der Waals surface area contributed by atoms with Gasteiger partial charge in [0.1, 0.15) is 5.60 Å². The smallest absolute Gasteiger partial charge is 0.410 e. The number of carbonyl (C=O) groups excluding carboxylic acids is 1. The second-order valence-corrected chi connectivity index (χ2v) is 8.00. The van der Waals surface area contributed by atoms with Crippen molar-refractivity contribution >= 4 is 12.1 Å². The number of ether oxygens (including phenoxy) is 1. The third-order valence-corrected chi connectivity index (χ3v) is 4.49. The lowest BCUT2D eigenvalue weighted by molar-refractivity contribution is 0.0145. The highest BCUT2D eigenvalue weighted by molar-refractivity contribution is 5.79. The van der Waals surface area contributed by atoms with Crippen molar-refractivity contribution in [3.8, 4) is 0 Å². The van der Waals surface area contributed by atoms with E-state index in [2.05, 4.69) is 32.7 Å². The molecule has 0 aromatic heterocycles. The van der Waals surface area contributed by atoms with Crippen LogP contribution in [-0.4, -0.2) is 73.8 Å². The van der Waals surface area contributed by atoms with Gasteiger partial charge in [0.25, 0.3) is 0 Å². The molecule has 0 bridgehead atoms. The molecular formula is C21H35N5O2. The van der Waals surface area contributed by atoms with E-state index < -0.39 is 5.60 Å². The van der Waals surface area contributed by atoms with Gasteiger partial charge in [-0.2, -0.15) is 0 Å². The highest BCUT2D eigenvalue weighted by Crippen LogP contribution is 2.11. The molecule has 0 unspecified atom stereocenters. The summed E-state index contributed by atoms with van der Waals surface area (Å²) in [7, 11) is 1.79. The lowest BCUT2D eigenvalue weighted by Crippen LogP contribution is -2.50. The molecule has 1 aliphatic heterocycles. The van der Waals surface area contributed by atoms with Gasteiger partial charge in [0, 0.05) is 46.3 Å². The van der Waals surface area contributed by atoms with Crippen LogP contribution in [-0.2, 0) is 11.3 Å². The first-order chi connectivity index (χ1) is 13.4. The summed E-state index contributed by atoms with van der Waals surface area (Å²) in [6, 6.07) is 10.3. The fourth-order valence-electron chi connectivity index (χ4n) is 2.99. The summed E-state index contributed by atoms with van der Waals surface area (Å²) >= 11 is 0. The first-order valence-corrected chi connectivity index (χ1v) is 10.1. The Kier molecular flexibility index (Phi) is 8.57. The molecule has 156 valence electrons. The van der Waals surface area contributed by atoms with Crippen LogP contribution in [0.15, 0.2) is 35.3 Å². The third kappa shape index (κ3) is 8.17. The van der Waals surface area contributed by atoms with Gasteiger partial charge < -0.3 is 20.3 Å². The molecule has 1 aromatic carbocycles. The average molecular weight is 390 g/mol. The Morgan fingerprint density at radius 1 is 1.11 bits per heavy atom. The molecule has 0 saturated carbocycles. The van der Waals surface area contributed by atoms with Gasteiger partial charge in [0.15, 0.2) is 5.96 Å². The minimum absolute atomic E-state index is 0.206. The molecule has 1 saturated heterocycles. The van der Waals surface area contributed by atoms with Crippen molar-refractivity contribution < 1.29 is 9.53 Å². The van der Waals surface area contributed by atoms with Crippen molar-refractivity contribution in [3.63, 3.8) is 0 Å². The Morgan fingerprint density at radius 3 is 2.39 bits per heavy atom. The maximum Gasteiger partial charge on any atom is 0.410 e. The fourth-order valence-corrected chi connectivity index (χ4v) is 2.99. The summed E-state index contributed by atoms with van der Waals surface area (Å²) in [4.78, 5) is 20.6. The summed E-state index contributed by atoms with van der Waals surface area (Å²) in [5, 5.41) is 6.69. The van der Waals surface area contributed by atoms with Crippen molar-refractivity contribution in [2.24, 2.45) is 4.99 Å². The summed E-state index contributed by atoms with van der Waals surface area (Å²) in [5.74, 6) is 0.818. The Bertz CT molecular complexity index is 619. The number of nitrogens with zero attached hydrogens (tertiary/aromatic N) is 3. The molecule has 0 spiro atoms. The van der Waals surface area contributed by atoms with E-state index in [9.17, 15) is 4.79 Å². The minimum atomic E-state index is -0.438. The van der Waals surface area contributed by atoms with Gasteiger partial charge in [-0.3, -0.25) is 9.89 Å². The first-order valence-electron chi connectivity index (χ1n) is 10.1. The van der Waals surface area contributed by atoms with Gasteiger partial charge in [-0.1, -0.05) is 30.3 Å². The Labute approximate surface area is 169 Å². The second-order valence-electron chi connectivity index (χ2n) is 8.00. The molecule has 0 aliphatic carbocycles. The Balaban J connectivity index is 1.59. The number of benzene rings is 1. The number of amides is 1. The zero-order valence-electron chi connectivity index (χ0n) is 17.7. The molecule has 2 rings (SSSR count). The zero-order chi connectivity index (χ0) is 20.4. The number of piperazine rings is 1. The molecule has 1 aliphatic rings. The first kappa shape index (κ1) is 22.0. The third-order valence-electron chi connectivity index (χ3n) is 4.49. The van der Waals surface area contributed by atoms with Gasteiger partial charge in [-0.15, -0.1) is 0 Å². The van der Waals surface area contributed by atoms with Gasteiger partial charge in [0.05, 0.1) is 0 Å². The van der Waals surface area contributed by atoms with Crippen LogP contribution >= 0.6 is 0 Å².